The van der Waals surface area contributed by atoms with Gasteiger partial charge in [-0.25, -0.2) is 4.79 Å². The minimum absolute atomic E-state index is 0.217. The molecule has 0 aromatic heterocycles. The fourth-order valence-electron chi connectivity index (χ4n) is 1.19. The van der Waals surface area contributed by atoms with Crippen LogP contribution in [0.15, 0.2) is 0 Å². The summed E-state index contributed by atoms with van der Waals surface area (Å²) in [6, 6.07) is -0.548. The van der Waals surface area contributed by atoms with E-state index in [0.29, 0.717) is 6.61 Å². The molecule has 4 heteroatoms. The molecular formula is C11H21NO3. The van der Waals surface area contributed by atoms with Crippen LogP contribution in [0.2, 0.25) is 0 Å². The van der Waals surface area contributed by atoms with Crippen molar-refractivity contribution in [3.63, 3.8) is 0 Å². The van der Waals surface area contributed by atoms with Crippen molar-refractivity contribution in [3.8, 4) is 0 Å². The lowest BCUT2D eigenvalue weighted by molar-refractivity contribution is -0.147. The predicted octanol–water partition coefficient (Wildman–Crippen LogP) is 1.63. The van der Waals surface area contributed by atoms with Crippen LogP contribution in [0.3, 0.4) is 0 Å². The van der Waals surface area contributed by atoms with E-state index < -0.39 is 6.04 Å². The number of ether oxygens (including phenoxy) is 1. The summed E-state index contributed by atoms with van der Waals surface area (Å²) in [6.07, 6.45) is 4.31. The highest BCUT2D eigenvalue weighted by Gasteiger charge is 2.14. The third-order valence-electron chi connectivity index (χ3n) is 2.02. The molecular weight excluding hydrogens is 194 g/mol. The molecule has 0 aliphatic heterocycles. The van der Waals surface area contributed by atoms with Crippen LogP contribution < -0.4 is 5.32 Å². The van der Waals surface area contributed by atoms with Crippen LogP contribution in [-0.4, -0.2) is 24.5 Å². The van der Waals surface area contributed by atoms with E-state index in [2.05, 4.69) is 12.2 Å². The summed E-state index contributed by atoms with van der Waals surface area (Å²) in [5.74, 6) is -0.577. The number of hydrogen-bond acceptors (Lipinski definition) is 3. The van der Waals surface area contributed by atoms with Crippen LogP contribution in [0.1, 0.15) is 46.5 Å². The first-order valence-electron chi connectivity index (χ1n) is 5.51. The van der Waals surface area contributed by atoms with E-state index in [9.17, 15) is 9.59 Å². The lowest BCUT2D eigenvalue weighted by Gasteiger charge is -2.11. The first kappa shape index (κ1) is 13.9. The maximum atomic E-state index is 11.3. The zero-order valence-electron chi connectivity index (χ0n) is 9.84. The smallest absolute Gasteiger partial charge is 0.328 e. The van der Waals surface area contributed by atoms with Gasteiger partial charge in [-0.3, -0.25) is 4.79 Å². The Hall–Kier alpha value is -1.06. The molecule has 0 saturated carbocycles. The highest BCUT2D eigenvalue weighted by atomic mass is 16.5. The average molecular weight is 215 g/mol. The first-order valence-corrected chi connectivity index (χ1v) is 5.51. The van der Waals surface area contributed by atoms with Crippen molar-refractivity contribution in [1.82, 2.24) is 5.32 Å². The molecule has 1 unspecified atom stereocenters. The normalized spacial score (nSPS) is 11.9. The summed E-state index contributed by atoms with van der Waals surface area (Å²) < 4.78 is 5.00. The molecule has 0 aromatic rings. The second-order valence-electron chi connectivity index (χ2n) is 3.65. The Balaban J connectivity index is 3.51. The van der Waals surface area contributed by atoms with E-state index in [0.717, 1.165) is 19.3 Å². The molecule has 15 heavy (non-hydrogen) atoms. The van der Waals surface area contributed by atoms with Crippen LogP contribution in [-0.2, 0) is 14.3 Å². The molecule has 1 N–H and O–H groups in total. The topological polar surface area (TPSA) is 55.4 Å². The molecule has 0 rings (SSSR count). The van der Waals surface area contributed by atoms with Gasteiger partial charge in [0.15, 0.2) is 0 Å². The second-order valence-corrected chi connectivity index (χ2v) is 3.65. The first-order chi connectivity index (χ1) is 7.07. The number of nitrogens with one attached hydrogen (secondary N) is 1. The van der Waals surface area contributed by atoms with Crippen LogP contribution >= 0.6 is 0 Å². The molecule has 1 amide bonds. The van der Waals surface area contributed by atoms with Gasteiger partial charge in [0.2, 0.25) is 5.91 Å². The van der Waals surface area contributed by atoms with Gasteiger partial charge in [-0.1, -0.05) is 26.2 Å². The van der Waals surface area contributed by atoms with Crippen LogP contribution in [0.25, 0.3) is 0 Å². The van der Waals surface area contributed by atoms with Crippen molar-refractivity contribution < 1.29 is 14.3 Å². The Morgan fingerprint density at radius 1 is 1.27 bits per heavy atom. The zero-order valence-corrected chi connectivity index (χ0v) is 9.84. The van der Waals surface area contributed by atoms with Crippen molar-refractivity contribution in [2.45, 2.75) is 52.5 Å². The highest BCUT2D eigenvalue weighted by molar-refractivity contribution is 5.82. The van der Waals surface area contributed by atoms with Gasteiger partial charge in [0.1, 0.15) is 6.04 Å². The SMILES string of the molecule is CCCCCCOC(=O)C(C)NC(C)=O. The van der Waals surface area contributed by atoms with Gasteiger partial charge < -0.3 is 10.1 Å². The molecule has 4 nitrogen and oxygen atoms in total. The van der Waals surface area contributed by atoms with Gasteiger partial charge in [-0.2, -0.15) is 0 Å². The Bertz CT molecular complexity index is 204. The molecule has 0 fully saturated rings. The number of carbonyl (C=O) groups excluding carboxylic acids is 2. The molecule has 0 heterocycles. The van der Waals surface area contributed by atoms with Crippen molar-refractivity contribution in [2.24, 2.45) is 0 Å². The summed E-state index contributed by atoms with van der Waals surface area (Å²) in [5, 5.41) is 2.48. The standard InChI is InChI=1S/C11H21NO3/c1-4-5-6-7-8-15-11(14)9(2)12-10(3)13/h9H,4-8H2,1-3H3,(H,12,13). The Morgan fingerprint density at radius 3 is 2.47 bits per heavy atom. The molecule has 0 spiro atoms. The number of hydrogen-bond donors (Lipinski definition) is 1. The summed E-state index contributed by atoms with van der Waals surface area (Å²) in [7, 11) is 0. The van der Waals surface area contributed by atoms with E-state index in [4.69, 9.17) is 4.74 Å². The lowest BCUT2D eigenvalue weighted by Crippen LogP contribution is -2.38. The molecule has 1 atom stereocenters. The number of esters is 1. The number of amides is 1. The molecule has 0 radical (unpaired) electrons. The second kappa shape index (κ2) is 8.26. The average Bonchev–Trinajstić information content (AvgIpc) is 2.16. The molecule has 88 valence electrons. The van der Waals surface area contributed by atoms with E-state index >= 15 is 0 Å². The summed E-state index contributed by atoms with van der Waals surface area (Å²) >= 11 is 0. The van der Waals surface area contributed by atoms with Crippen molar-refractivity contribution >= 4 is 11.9 Å². The largest absolute Gasteiger partial charge is 0.464 e. The van der Waals surface area contributed by atoms with E-state index in [1.807, 2.05) is 0 Å². The van der Waals surface area contributed by atoms with Gasteiger partial charge in [0.05, 0.1) is 6.61 Å². The minimum Gasteiger partial charge on any atom is -0.464 e. The monoisotopic (exact) mass is 215 g/mol. The summed E-state index contributed by atoms with van der Waals surface area (Å²) in [5.41, 5.74) is 0. The van der Waals surface area contributed by atoms with Crippen LogP contribution in [0.5, 0.6) is 0 Å². The van der Waals surface area contributed by atoms with Crippen molar-refractivity contribution in [1.29, 1.82) is 0 Å². The zero-order chi connectivity index (χ0) is 11.7. The fraction of sp³-hybridized carbons (Fsp3) is 0.818. The lowest BCUT2D eigenvalue weighted by atomic mass is 10.2. The van der Waals surface area contributed by atoms with Crippen molar-refractivity contribution in [3.05, 3.63) is 0 Å². The maximum absolute atomic E-state index is 11.3. The molecule has 0 bridgehead atoms. The van der Waals surface area contributed by atoms with Gasteiger partial charge >= 0.3 is 5.97 Å². The molecule has 0 aliphatic carbocycles. The summed E-state index contributed by atoms with van der Waals surface area (Å²) in [4.78, 5) is 21.9. The third-order valence-corrected chi connectivity index (χ3v) is 2.02. The Morgan fingerprint density at radius 2 is 1.93 bits per heavy atom. The van der Waals surface area contributed by atoms with Gasteiger partial charge in [-0.15, -0.1) is 0 Å². The number of rotatable bonds is 7. The molecule has 0 saturated heterocycles. The van der Waals surface area contributed by atoms with E-state index in [-0.39, 0.29) is 11.9 Å². The Kier molecular flexibility index (Phi) is 7.68. The van der Waals surface area contributed by atoms with Gasteiger partial charge in [-0.05, 0) is 13.3 Å². The number of carbonyl (C=O) groups is 2. The molecule has 0 aliphatic rings. The third kappa shape index (κ3) is 7.97. The summed E-state index contributed by atoms with van der Waals surface area (Å²) in [6.45, 7) is 5.58. The minimum atomic E-state index is -0.548. The fourth-order valence-corrected chi connectivity index (χ4v) is 1.19. The van der Waals surface area contributed by atoms with Gasteiger partial charge in [0.25, 0.3) is 0 Å². The number of unbranched alkanes of at least 4 members (excludes halogenated alkanes) is 3. The Labute approximate surface area is 91.4 Å². The van der Waals surface area contributed by atoms with E-state index in [1.54, 1.807) is 6.92 Å². The quantitative estimate of drug-likeness (QED) is 0.519. The van der Waals surface area contributed by atoms with Crippen LogP contribution in [0.4, 0.5) is 0 Å². The predicted molar refractivity (Wildman–Crippen MR) is 58.4 cm³/mol. The maximum Gasteiger partial charge on any atom is 0.328 e. The van der Waals surface area contributed by atoms with Crippen molar-refractivity contribution in [2.75, 3.05) is 6.61 Å². The van der Waals surface area contributed by atoms with Crippen LogP contribution in [0, 0.1) is 0 Å². The molecule has 0 aromatic carbocycles. The van der Waals surface area contributed by atoms with Gasteiger partial charge in [0, 0.05) is 6.92 Å². The van der Waals surface area contributed by atoms with E-state index in [1.165, 1.54) is 13.3 Å². The highest BCUT2D eigenvalue weighted by Crippen LogP contribution is 1.99.